The van der Waals surface area contributed by atoms with Gasteiger partial charge in [0.25, 0.3) is 0 Å². The standard InChI is InChI=1S/C13H13ClFNO2/c1-3-8-16-12(13(17)18-4-2)9-6-5-7-10(14)11(9)15/h1,5-7,12,16H,4,8H2,2H3. The average Bonchev–Trinajstić information content (AvgIpc) is 2.35. The Hall–Kier alpha value is -1.57. The predicted octanol–water partition coefficient (Wildman–Crippen LogP) is 2.31. The molecule has 3 nitrogen and oxygen atoms in total. The van der Waals surface area contributed by atoms with Gasteiger partial charge in [-0.2, -0.15) is 0 Å². The molecule has 0 spiro atoms. The average molecular weight is 270 g/mol. The lowest BCUT2D eigenvalue weighted by Crippen LogP contribution is -2.31. The molecule has 0 saturated carbocycles. The first-order chi connectivity index (χ1) is 8.61. The molecule has 0 aromatic heterocycles. The zero-order chi connectivity index (χ0) is 13.5. The van der Waals surface area contributed by atoms with E-state index in [2.05, 4.69) is 11.2 Å². The number of esters is 1. The highest BCUT2D eigenvalue weighted by Gasteiger charge is 2.25. The molecule has 1 N–H and O–H groups in total. The summed E-state index contributed by atoms with van der Waals surface area (Å²) >= 11 is 5.68. The largest absolute Gasteiger partial charge is 0.465 e. The lowest BCUT2D eigenvalue weighted by atomic mass is 10.1. The van der Waals surface area contributed by atoms with Crippen LogP contribution in [-0.2, 0) is 9.53 Å². The fourth-order valence-corrected chi connectivity index (χ4v) is 1.63. The van der Waals surface area contributed by atoms with Gasteiger partial charge in [-0.3, -0.25) is 5.32 Å². The number of nitrogens with one attached hydrogen (secondary N) is 1. The van der Waals surface area contributed by atoms with Gasteiger partial charge in [0.1, 0.15) is 11.9 Å². The molecule has 1 rings (SSSR count). The quantitative estimate of drug-likeness (QED) is 0.658. The molecule has 18 heavy (non-hydrogen) atoms. The second-order valence-electron chi connectivity index (χ2n) is 3.41. The highest BCUT2D eigenvalue weighted by Crippen LogP contribution is 2.24. The van der Waals surface area contributed by atoms with Crippen molar-refractivity contribution in [2.45, 2.75) is 13.0 Å². The van der Waals surface area contributed by atoms with Crippen molar-refractivity contribution in [3.05, 3.63) is 34.6 Å². The molecule has 1 aromatic carbocycles. The molecule has 1 atom stereocenters. The number of ether oxygens (including phenoxy) is 1. The predicted molar refractivity (Wildman–Crippen MR) is 67.6 cm³/mol. The van der Waals surface area contributed by atoms with Crippen molar-refractivity contribution in [2.24, 2.45) is 0 Å². The Bertz CT molecular complexity index is 471. The van der Waals surface area contributed by atoms with E-state index in [9.17, 15) is 9.18 Å². The number of carbonyl (C=O) groups excluding carboxylic acids is 1. The fourth-order valence-electron chi connectivity index (χ4n) is 1.45. The summed E-state index contributed by atoms with van der Waals surface area (Å²) in [5.41, 5.74) is 0.121. The van der Waals surface area contributed by atoms with E-state index in [-0.39, 0.29) is 23.7 Å². The van der Waals surface area contributed by atoms with Crippen LogP contribution in [0.3, 0.4) is 0 Å². The first-order valence-corrected chi connectivity index (χ1v) is 5.77. The second kappa shape index (κ2) is 7.00. The van der Waals surface area contributed by atoms with E-state index in [1.807, 2.05) is 0 Å². The van der Waals surface area contributed by atoms with Gasteiger partial charge in [0, 0.05) is 5.56 Å². The van der Waals surface area contributed by atoms with Gasteiger partial charge in [-0.25, -0.2) is 9.18 Å². The van der Waals surface area contributed by atoms with E-state index in [1.54, 1.807) is 13.0 Å². The summed E-state index contributed by atoms with van der Waals surface area (Å²) < 4.78 is 18.7. The summed E-state index contributed by atoms with van der Waals surface area (Å²) in [5, 5.41) is 2.68. The summed E-state index contributed by atoms with van der Waals surface area (Å²) in [6.07, 6.45) is 5.11. The minimum atomic E-state index is -0.959. The number of rotatable bonds is 5. The van der Waals surface area contributed by atoms with Gasteiger partial charge in [0.2, 0.25) is 0 Å². The number of carbonyl (C=O) groups is 1. The van der Waals surface area contributed by atoms with Gasteiger partial charge in [-0.15, -0.1) is 6.42 Å². The molecule has 0 heterocycles. The molecule has 0 aliphatic carbocycles. The van der Waals surface area contributed by atoms with Crippen molar-refractivity contribution < 1.29 is 13.9 Å². The Kier molecular flexibility index (Phi) is 5.63. The monoisotopic (exact) mass is 269 g/mol. The third kappa shape index (κ3) is 3.46. The van der Waals surface area contributed by atoms with Crippen LogP contribution in [-0.4, -0.2) is 19.1 Å². The SMILES string of the molecule is C#CCNC(C(=O)OCC)c1cccc(Cl)c1F. The molecule has 96 valence electrons. The summed E-state index contributed by atoms with van der Waals surface area (Å²) in [4.78, 5) is 11.8. The molecular weight excluding hydrogens is 257 g/mol. The lowest BCUT2D eigenvalue weighted by molar-refractivity contribution is -0.145. The molecule has 0 aliphatic heterocycles. The van der Waals surface area contributed by atoms with Crippen LogP contribution in [0.25, 0.3) is 0 Å². The van der Waals surface area contributed by atoms with Gasteiger partial charge >= 0.3 is 5.97 Å². The van der Waals surface area contributed by atoms with E-state index in [1.165, 1.54) is 12.1 Å². The van der Waals surface area contributed by atoms with E-state index in [0.717, 1.165) is 0 Å². The lowest BCUT2D eigenvalue weighted by Gasteiger charge is -2.17. The number of halogens is 2. The van der Waals surface area contributed by atoms with Gasteiger partial charge in [-0.05, 0) is 13.0 Å². The third-order valence-electron chi connectivity index (χ3n) is 2.22. The molecule has 0 amide bonds. The number of terminal acetylenes is 1. The van der Waals surface area contributed by atoms with Crippen LogP contribution < -0.4 is 5.32 Å². The van der Waals surface area contributed by atoms with Crippen molar-refractivity contribution in [2.75, 3.05) is 13.2 Å². The number of hydrogen-bond donors (Lipinski definition) is 1. The van der Waals surface area contributed by atoms with E-state index in [4.69, 9.17) is 22.8 Å². The molecule has 0 aliphatic rings. The molecule has 0 fully saturated rings. The van der Waals surface area contributed by atoms with Crippen LogP contribution in [0.1, 0.15) is 18.5 Å². The zero-order valence-corrected chi connectivity index (χ0v) is 10.6. The van der Waals surface area contributed by atoms with Gasteiger partial charge in [-0.1, -0.05) is 29.7 Å². The van der Waals surface area contributed by atoms with Crippen LogP contribution >= 0.6 is 11.6 Å². The van der Waals surface area contributed by atoms with Crippen LogP contribution in [0.4, 0.5) is 4.39 Å². The fraction of sp³-hybridized carbons (Fsp3) is 0.308. The maximum absolute atomic E-state index is 13.8. The summed E-state index contributed by atoms with van der Waals surface area (Å²) in [7, 11) is 0. The summed E-state index contributed by atoms with van der Waals surface area (Å²) in [6, 6.07) is 3.47. The Morgan fingerprint density at radius 2 is 2.39 bits per heavy atom. The Morgan fingerprint density at radius 1 is 1.67 bits per heavy atom. The molecule has 1 aromatic rings. The van der Waals surface area contributed by atoms with Crippen LogP contribution in [0, 0.1) is 18.2 Å². The van der Waals surface area contributed by atoms with E-state index >= 15 is 0 Å². The highest BCUT2D eigenvalue weighted by atomic mass is 35.5. The topological polar surface area (TPSA) is 38.3 Å². The number of benzene rings is 1. The molecule has 0 radical (unpaired) electrons. The Morgan fingerprint density at radius 3 is 3.00 bits per heavy atom. The molecular formula is C13H13ClFNO2. The first-order valence-electron chi connectivity index (χ1n) is 5.39. The van der Waals surface area contributed by atoms with E-state index < -0.39 is 17.8 Å². The Balaban J connectivity index is 3.05. The molecule has 1 unspecified atom stereocenters. The molecule has 0 saturated heterocycles. The van der Waals surface area contributed by atoms with Crippen molar-refractivity contribution >= 4 is 17.6 Å². The van der Waals surface area contributed by atoms with Gasteiger partial charge in [0.15, 0.2) is 0 Å². The second-order valence-corrected chi connectivity index (χ2v) is 3.82. The maximum Gasteiger partial charge on any atom is 0.327 e. The third-order valence-corrected chi connectivity index (χ3v) is 2.51. The van der Waals surface area contributed by atoms with Gasteiger partial charge < -0.3 is 4.74 Å². The van der Waals surface area contributed by atoms with E-state index in [0.29, 0.717) is 0 Å². The molecule has 5 heteroatoms. The maximum atomic E-state index is 13.8. The minimum Gasteiger partial charge on any atom is -0.465 e. The van der Waals surface area contributed by atoms with Gasteiger partial charge in [0.05, 0.1) is 18.2 Å². The van der Waals surface area contributed by atoms with Crippen molar-refractivity contribution in [1.29, 1.82) is 0 Å². The molecule has 0 bridgehead atoms. The Labute approximate surface area is 110 Å². The van der Waals surface area contributed by atoms with Crippen molar-refractivity contribution in [1.82, 2.24) is 5.32 Å². The van der Waals surface area contributed by atoms with Crippen molar-refractivity contribution in [3.8, 4) is 12.3 Å². The normalized spacial score (nSPS) is 11.7. The highest BCUT2D eigenvalue weighted by molar-refractivity contribution is 6.30. The van der Waals surface area contributed by atoms with Crippen LogP contribution in [0.2, 0.25) is 5.02 Å². The minimum absolute atomic E-state index is 0.0516. The summed E-state index contributed by atoms with van der Waals surface area (Å²) in [5.74, 6) is 1.08. The van der Waals surface area contributed by atoms with Crippen LogP contribution in [0.15, 0.2) is 18.2 Å². The number of hydrogen-bond acceptors (Lipinski definition) is 3. The summed E-state index contributed by atoms with van der Waals surface area (Å²) in [6.45, 7) is 2.00. The zero-order valence-electron chi connectivity index (χ0n) is 9.87. The van der Waals surface area contributed by atoms with Crippen LogP contribution in [0.5, 0.6) is 0 Å². The first kappa shape index (κ1) is 14.5. The smallest absolute Gasteiger partial charge is 0.327 e. The van der Waals surface area contributed by atoms with Crippen molar-refractivity contribution in [3.63, 3.8) is 0 Å².